The molecule has 0 amide bonds. The average molecular weight is 210 g/mol. The van der Waals surface area contributed by atoms with Gasteiger partial charge >= 0.3 is 0 Å². The van der Waals surface area contributed by atoms with Crippen LogP contribution in [0.2, 0.25) is 0 Å². The molecule has 2 N–H and O–H groups in total. The largest absolute Gasteiger partial charge is 0.365 e. The van der Waals surface area contributed by atoms with E-state index in [4.69, 9.17) is 5.73 Å². The molecule has 0 aliphatic carbocycles. The van der Waals surface area contributed by atoms with Crippen molar-refractivity contribution in [2.75, 3.05) is 18.0 Å². The van der Waals surface area contributed by atoms with Gasteiger partial charge in [0.15, 0.2) is 0 Å². The minimum absolute atomic E-state index is 0.150. The summed E-state index contributed by atoms with van der Waals surface area (Å²) in [5.74, 6) is -0.209. The molecule has 0 radical (unpaired) electrons. The van der Waals surface area contributed by atoms with Gasteiger partial charge in [-0.3, -0.25) is 0 Å². The lowest BCUT2D eigenvalue weighted by atomic mass is 10.0. The highest BCUT2D eigenvalue weighted by Gasteiger charge is 2.24. The zero-order valence-electron chi connectivity index (χ0n) is 9.63. The quantitative estimate of drug-likeness (QED) is 0.826. The maximum Gasteiger partial charge on any atom is 0.125 e. The molecule has 0 unspecified atom stereocenters. The number of rotatable bonds is 4. The minimum atomic E-state index is -0.209. The third kappa shape index (κ3) is 2.69. The monoisotopic (exact) mass is 210 g/mol. The summed E-state index contributed by atoms with van der Waals surface area (Å²) in [6.07, 6.45) is 0. The van der Waals surface area contributed by atoms with E-state index in [2.05, 4.69) is 18.7 Å². The second kappa shape index (κ2) is 4.62. The first-order chi connectivity index (χ1) is 7.01. The van der Waals surface area contributed by atoms with E-state index in [1.165, 1.54) is 6.07 Å². The van der Waals surface area contributed by atoms with Crippen LogP contribution in [0.3, 0.4) is 0 Å². The van der Waals surface area contributed by atoms with Crippen molar-refractivity contribution in [2.24, 2.45) is 5.73 Å². The number of anilines is 1. The summed E-state index contributed by atoms with van der Waals surface area (Å²) >= 11 is 0. The van der Waals surface area contributed by atoms with Crippen LogP contribution >= 0.6 is 0 Å². The number of hydrogen-bond donors (Lipinski definition) is 1. The Bertz CT molecular complexity index is 323. The maximum absolute atomic E-state index is 13.1. The zero-order valence-corrected chi connectivity index (χ0v) is 9.63. The van der Waals surface area contributed by atoms with E-state index < -0.39 is 0 Å². The van der Waals surface area contributed by atoms with E-state index in [1.807, 2.05) is 13.0 Å². The van der Waals surface area contributed by atoms with Gasteiger partial charge in [-0.05, 0) is 39.0 Å². The van der Waals surface area contributed by atoms with Crippen LogP contribution in [0.4, 0.5) is 10.1 Å². The lowest BCUT2D eigenvalue weighted by Gasteiger charge is -2.39. The van der Waals surface area contributed by atoms with Crippen LogP contribution in [0.1, 0.15) is 20.8 Å². The topological polar surface area (TPSA) is 29.3 Å². The molecule has 0 saturated carbocycles. The van der Waals surface area contributed by atoms with Gasteiger partial charge in [-0.15, -0.1) is 0 Å². The SMILES string of the molecule is CCN(c1cccc(F)c1)C(C)(C)CN. The van der Waals surface area contributed by atoms with Gasteiger partial charge in [0, 0.05) is 24.3 Å². The number of likely N-dealkylation sites (N-methyl/N-ethyl adjacent to an activating group) is 1. The van der Waals surface area contributed by atoms with Gasteiger partial charge in [-0.25, -0.2) is 4.39 Å². The Balaban J connectivity index is 3.02. The summed E-state index contributed by atoms with van der Waals surface area (Å²) in [5.41, 5.74) is 6.45. The number of nitrogens with two attached hydrogens (primary N) is 1. The highest BCUT2D eigenvalue weighted by Crippen LogP contribution is 2.23. The van der Waals surface area contributed by atoms with Crippen molar-refractivity contribution < 1.29 is 4.39 Å². The maximum atomic E-state index is 13.1. The highest BCUT2D eigenvalue weighted by atomic mass is 19.1. The summed E-state index contributed by atoms with van der Waals surface area (Å²) in [6.45, 7) is 7.51. The van der Waals surface area contributed by atoms with Gasteiger partial charge in [0.2, 0.25) is 0 Å². The van der Waals surface area contributed by atoms with Crippen molar-refractivity contribution in [1.29, 1.82) is 0 Å². The molecule has 0 atom stereocenters. The van der Waals surface area contributed by atoms with Crippen molar-refractivity contribution in [3.63, 3.8) is 0 Å². The molecule has 0 aromatic heterocycles. The van der Waals surface area contributed by atoms with Crippen LogP contribution in [0.25, 0.3) is 0 Å². The molecule has 1 aromatic carbocycles. The summed E-state index contributed by atoms with van der Waals surface area (Å²) in [5, 5.41) is 0. The molecule has 0 saturated heterocycles. The van der Waals surface area contributed by atoms with E-state index in [0.29, 0.717) is 6.54 Å². The number of hydrogen-bond acceptors (Lipinski definition) is 2. The molecule has 1 aromatic rings. The Labute approximate surface area is 90.9 Å². The summed E-state index contributed by atoms with van der Waals surface area (Å²) in [6, 6.07) is 6.62. The van der Waals surface area contributed by atoms with Crippen molar-refractivity contribution in [3.05, 3.63) is 30.1 Å². The van der Waals surface area contributed by atoms with E-state index in [-0.39, 0.29) is 11.4 Å². The van der Waals surface area contributed by atoms with Gasteiger partial charge in [0.1, 0.15) is 5.82 Å². The second-order valence-corrected chi connectivity index (χ2v) is 4.24. The van der Waals surface area contributed by atoms with E-state index in [0.717, 1.165) is 12.2 Å². The predicted molar refractivity (Wildman–Crippen MR) is 62.6 cm³/mol. The van der Waals surface area contributed by atoms with Crippen LogP contribution in [0.15, 0.2) is 24.3 Å². The third-order valence-electron chi connectivity index (χ3n) is 2.67. The number of benzene rings is 1. The molecule has 1 rings (SSSR count). The molecule has 3 heteroatoms. The highest BCUT2D eigenvalue weighted by molar-refractivity contribution is 5.48. The van der Waals surface area contributed by atoms with Gasteiger partial charge in [0.05, 0.1) is 0 Å². The van der Waals surface area contributed by atoms with Crippen LogP contribution in [0, 0.1) is 5.82 Å². The first kappa shape index (κ1) is 12.0. The molecular formula is C12H19FN2. The molecule has 0 bridgehead atoms. The normalized spacial score (nSPS) is 11.5. The van der Waals surface area contributed by atoms with Crippen molar-refractivity contribution >= 4 is 5.69 Å². The lowest BCUT2D eigenvalue weighted by Crippen LogP contribution is -2.49. The predicted octanol–water partition coefficient (Wildman–Crippen LogP) is 2.39. The molecule has 0 aliphatic heterocycles. The first-order valence-electron chi connectivity index (χ1n) is 5.24. The standard InChI is InChI=1S/C12H19FN2/c1-4-15(12(2,3)9-14)11-7-5-6-10(13)8-11/h5-8H,4,9,14H2,1-3H3. The van der Waals surface area contributed by atoms with Crippen LogP contribution in [-0.4, -0.2) is 18.6 Å². The Hall–Kier alpha value is -1.09. The molecule has 0 fully saturated rings. The van der Waals surface area contributed by atoms with Crippen molar-refractivity contribution in [1.82, 2.24) is 0 Å². The number of nitrogens with zero attached hydrogens (tertiary/aromatic N) is 1. The third-order valence-corrected chi connectivity index (χ3v) is 2.67. The molecule has 0 heterocycles. The van der Waals surface area contributed by atoms with Gasteiger partial charge in [-0.1, -0.05) is 6.07 Å². The van der Waals surface area contributed by atoms with E-state index in [9.17, 15) is 4.39 Å². The molecule has 2 nitrogen and oxygen atoms in total. The Kier molecular flexibility index (Phi) is 3.69. The fourth-order valence-corrected chi connectivity index (χ4v) is 1.71. The minimum Gasteiger partial charge on any atom is -0.365 e. The average Bonchev–Trinajstić information content (AvgIpc) is 2.18. The second-order valence-electron chi connectivity index (χ2n) is 4.24. The Morgan fingerprint density at radius 1 is 1.40 bits per heavy atom. The number of halogens is 1. The lowest BCUT2D eigenvalue weighted by molar-refractivity contribution is 0.476. The molecule has 15 heavy (non-hydrogen) atoms. The van der Waals surface area contributed by atoms with Crippen molar-refractivity contribution in [3.8, 4) is 0 Å². The Morgan fingerprint density at radius 3 is 2.53 bits per heavy atom. The molecule has 0 aliphatic rings. The zero-order chi connectivity index (χ0) is 11.5. The molecule has 84 valence electrons. The summed E-state index contributed by atoms with van der Waals surface area (Å²) in [4.78, 5) is 2.11. The molecule has 0 spiro atoms. The van der Waals surface area contributed by atoms with Crippen LogP contribution in [0.5, 0.6) is 0 Å². The van der Waals surface area contributed by atoms with Crippen LogP contribution in [-0.2, 0) is 0 Å². The van der Waals surface area contributed by atoms with Crippen molar-refractivity contribution in [2.45, 2.75) is 26.3 Å². The van der Waals surface area contributed by atoms with Gasteiger partial charge in [-0.2, -0.15) is 0 Å². The molecular weight excluding hydrogens is 191 g/mol. The van der Waals surface area contributed by atoms with E-state index in [1.54, 1.807) is 12.1 Å². The fraction of sp³-hybridized carbons (Fsp3) is 0.500. The van der Waals surface area contributed by atoms with Gasteiger partial charge in [0.25, 0.3) is 0 Å². The summed E-state index contributed by atoms with van der Waals surface area (Å²) in [7, 11) is 0. The van der Waals surface area contributed by atoms with Crippen LogP contribution < -0.4 is 10.6 Å². The summed E-state index contributed by atoms with van der Waals surface area (Å²) < 4.78 is 13.1. The Morgan fingerprint density at radius 2 is 2.07 bits per heavy atom. The fourth-order valence-electron chi connectivity index (χ4n) is 1.71. The van der Waals surface area contributed by atoms with Gasteiger partial charge < -0.3 is 10.6 Å². The first-order valence-corrected chi connectivity index (χ1v) is 5.24. The van der Waals surface area contributed by atoms with E-state index >= 15 is 0 Å². The smallest absolute Gasteiger partial charge is 0.125 e.